The molecule has 0 saturated carbocycles. The standard InChI is InChI=1S/C17H20N4O4.ClH/c22-13-4-3-11(15(24)21-13)19-14(23)12-2-1-10-16(20-12)25-9-17(10)5-7-18-8-6-17;/h1-2,11,18H,3-9H2,(H,19,23)(H,21,22,24);1H. The number of amides is 3. The zero-order chi connectivity index (χ0) is 17.4. The molecule has 1 unspecified atom stereocenters. The minimum Gasteiger partial charge on any atom is -0.476 e. The monoisotopic (exact) mass is 380 g/mol. The van der Waals surface area contributed by atoms with Gasteiger partial charge in [0.2, 0.25) is 17.7 Å². The van der Waals surface area contributed by atoms with Crippen LogP contribution in [0.2, 0.25) is 0 Å². The number of ether oxygens (including phenoxy) is 1. The second-order valence-electron chi connectivity index (χ2n) is 6.85. The Kier molecular flexibility index (Phi) is 5.15. The quantitative estimate of drug-likeness (QED) is 0.625. The number of fused-ring (bicyclic) bond motifs is 2. The molecule has 1 aromatic rings. The first-order chi connectivity index (χ1) is 12.1. The maximum atomic E-state index is 12.4. The summed E-state index contributed by atoms with van der Waals surface area (Å²) in [6, 6.07) is 2.88. The molecular formula is C17H21ClN4O4. The summed E-state index contributed by atoms with van der Waals surface area (Å²) in [4.78, 5) is 39.7. The van der Waals surface area contributed by atoms with Crippen molar-refractivity contribution in [3.05, 3.63) is 23.4 Å². The van der Waals surface area contributed by atoms with E-state index in [0.717, 1.165) is 31.5 Å². The fraction of sp³-hybridized carbons (Fsp3) is 0.529. The van der Waals surface area contributed by atoms with E-state index in [2.05, 4.69) is 20.9 Å². The molecular weight excluding hydrogens is 360 g/mol. The number of rotatable bonds is 2. The van der Waals surface area contributed by atoms with Gasteiger partial charge in [-0.2, -0.15) is 0 Å². The molecule has 0 aliphatic carbocycles. The summed E-state index contributed by atoms with van der Waals surface area (Å²) < 4.78 is 5.76. The fourth-order valence-corrected chi connectivity index (χ4v) is 3.75. The van der Waals surface area contributed by atoms with Crippen LogP contribution >= 0.6 is 12.4 Å². The van der Waals surface area contributed by atoms with Gasteiger partial charge < -0.3 is 15.4 Å². The van der Waals surface area contributed by atoms with Gasteiger partial charge in [0, 0.05) is 17.4 Å². The Morgan fingerprint density at radius 2 is 2.04 bits per heavy atom. The van der Waals surface area contributed by atoms with Crippen LogP contribution in [0.4, 0.5) is 0 Å². The van der Waals surface area contributed by atoms with Crippen LogP contribution in [-0.2, 0) is 15.0 Å². The maximum absolute atomic E-state index is 12.4. The fourth-order valence-electron chi connectivity index (χ4n) is 3.75. The van der Waals surface area contributed by atoms with E-state index in [4.69, 9.17) is 4.74 Å². The van der Waals surface area contributed by atoms with Crippen molar-refractivity contribution in [1.82, 2.24) is 20.9 Å². The number of imide groups is 1. The van der Waals surface area contributed by atoms with Crippen molar-refractivity contribution in [2.75, 3.05) is 19.7 Å². The van der Waals surface area contributed by atoms with Crippen molar-refractivity contribution in [3.63, 3.8) is 0 Å². The second-order valence-corrected chi connectivity index (χ2v) is 6.85. The minimum absolute atomic E-state index is 0. The molecule has 2 saturated heterocycles. The molecule has 4 heterocycles. The number of piperidine rings is 2. The number of hydrogen-bond acceptors (Lipinski definition) is 6. The van der Waals surface area contributed by atoms with Gasteiger partial charge in [-0.25, -0.2) is 4.98 Å². The number of hydrogen-bond donors (Lipinski definition) is 3. The average Bonchev–Trinajstić information content (AvgIpc) is 2.95. The Balaban J connectivity index is 0.00000196. The van der Waals surface area contributed by atoms with E-state index in [1.54, 1.807) is 6.07 Å². The summed E-state index contributed by atoms with van der Waals surface area (Å²) in [7, 11) is 0. The first-order valence-electron chi connectivity index (χ1n) is 8.57. The van der Waals surface area contributed by atoms with Crippen LogP contribution in [0.15, 0.2) is 12.1 Å². The molecule has 3 N–H and O–H groups in total. The molecule has 0 bridgehead atoms. The van der Waals surface area contributed by atoms with E-state index in [-0.39, 0.29) is 35.8 Å². The number of carbonyl (C=O) groups excluding carboxylic acids is 3. The molecule has 0 radical (unpaired) electrons. The number of halogens is 1. The predicted octanol–water partition coefficient (Wildman–Crippen LogP) is 0.0520. The molecule has 3 aliphatic heterocycles. The average molecular weight is 381 g/mol. The highest BCUT2D eigenvalue weighted by atomic mass is 35.5. The lowest BCUT2D eigenvalue weighted by Crippen LogP contribution is -2.52. The Labute approximate surface area is 156 Å². The first-order valence-corrected chi connectivity index (χ1v) is 8.57. The molecule has 9 heteroatoms. The van der Waals surface area contributed by atoms with Crippen molar-refractivity contribution in [2.45, 2.75) is 37.1 Å². The van der Waals surface area contributed by atoms with Crippen molar-refractivity contribution >= 4 is 30.1 Å². The lowest BCUT2D eigenvalue weighted by Gasteiger charge is -2.32. The van der Waals surface area contributed by atoms with Gasteiger partial charge in [0.25, 0.3) is 5.91 Å². The highest BCUT2D eigenvalue weighted by molar-refractivity contribution is 6.03. The summed E-state index contributed by atoms with van der Waals surface area (Å²) in [5.74, 6) is -0.715. The van der Waals surface area contributed by atoms with Gasteiger partial charge in [0.05, 0.1) is 6.61 Å². The zero-order valence-electron chi connectivity index (χ0n) is 14.2. The van der Waals surface area contributed by atoms with Gasteiger partial charge in [-0.1, -0.05) is 6.07 Å². The highest BCUT2D eigenvalue weighted by Crippen LogP contribution is 2.43. The van der Waals surface area contributed by atoms with E-state index in [0.29, 0.717) is 18.9 Å². The minimum atomic E-state index is -0.711. The third kappa shape index (κ3) is 3.26. The van der Waals surface area contributed by atoms with Crippen LogP contribution < -0.4 is 20.7 Å². The third-order valence-electron chi connectivity index (χ3n) is 5.25. The molecule has 1 aromatic heterocycles. The van der Waals surface area contributed by atoms with Crippen molar-refractivity contribution in [3.8, 4) is 5.88 Å². The topological polar surface area (TPSA) is 109 Å². The molecule has 26 heavy (non-hydrogen) atoms. The van der Waals surface area contributed by atoms with Gasteiger partial charge in [-0.15, -0.1) is 12.4 Å². The Bertz CT molecular complexity index is 748. The Morgan fingerprint density at radius 3 is 2.77 bits per heavy atom. The summed E-state index contributed by atoms with van der Waals surface area (Å²) in [5, 5.41) is 8.21. The van der Waals surface area contributed by atoms with Gasteiger partial charge >= 0.3 is 0 Å². The Morgan fingerprint density at radius 1 is 1.27 bits per heavy atom. The van der Waals surface area contributed by atoms with E-state index >= 15 is 0 Å². The molecule has 3 amide bonds. The lowest BCUT2D eigenvalue weighted by molar-refractivity contribution is -0.134. The van der Waals surface area contributed by atoms with Gasteiger partial charge in [0.1, 0.15) is 11.7 Å². The van der Waals surface area contributed by atoms with Gasteiger partial charge in [0.15, 0.2) is 0 Å². The van der Waals surface area contributed by atoms with Crippen LogP contribution in [0.1, 0.15) is 41.7 Å². The number of pyridine rings is 1. The second kappa shape index (κ2) is 7.20. The molecule has 140 valence electrons. The summed E-state index contributed by atoms with van der Waals surface area (Å²) in [5.41, 5.74) is 1.27. The van der Waals surface area contributed by atoms with Crippen LogP contribution in [0.5, 0.6) is 5.88 Å². The van der Waals surface area contributed by atoms with Gasteiger partial charge in [-0.3, -0.25) is 19.7 Å². The molecule has 1 atom stereocenters. The van der Waals surface area contributed by atoms with Crippen molar-refractivity contribution in [2.24, 2.45) is 0 Å². The molecule has 2 fully saturated rings. The summed E-state index contributed by atoms with van der Waals surface area (Å²) >= 11 is 0. The van der Waals surface area contributed by atoms with Crippen molar-refractivity contribution < 1.29 is 19.1 Å². The number of aromatic nitrogens is 1. The number of carbonyl (C=O) groups is 3. The third-order valence-corrected chi connectivity index (χ3v) is 5.25. The SMILES string of the molecule is Cl.O=C1CCC(NC(=O)c2ccc3c(n2)OCC32CCNCC2)C(=O)N1. The van der Waals surface area contributed by atoms with Crippen molar-refractivity contribution in [1.29, 1.82) is 0 Å². The molecule has 3 aliphatic rings. The van der Waals surface area contributed by atoms with E-state index in [9.17, 15) is 14.4 Å². The molecule has 4 rings (SSSR count). The van der Waals surface area contributed by atoms with Crippen LogP contribution in [0.3, 0.4) is 0 Å². The summed E-state index contributed by atoms with van der Waals surface area (Å²) in [6.07, 6.45) is 2.49. The Hall–Kier alpha value is -2.19. The van der Waals surface area contributed by atoms with Gasteiger partial charge in [-0.05, 0) is 38.4 Å². The van der Waals surface area contributed by atoms with E-state index < -0.39 is 17.9 Å². The number of nitrogens with one attached hydrogen (secondary N) is 3. The maximum Gasteiger partial charge on any atom is 0.270 e. The largest absolute Gasteiger partial charge is 0.476 e. The molecule has 1 spiro atoms. The molecule has 8 nitrogen and oxygen atoms in total. The highest BCUT2D eigenvalue weighted by Gasteiger charge is 2.42. The predicted molar refractivity (Wildman–Crippen MR) is 94.4 cm³/mol. The van der Waals surface area contributed by atoms with Crippen LogP contribution in [0, 0.1) is 0 Å². The van der Waals surface area contributed by atoms with Crippen LogP contribution in [0.25, 0.3) is 0 Å². The van der Waals surface area contributed by atoms with Crippen LogP contribution in [-0.4, -0.2) is 48.4 Å². The zero-order valence-corrected chi connectivity index (χ0v) is 15.0. The first kappa shape index (κ1) is 18.6. The lowest BCUT2D eigenvalue weighted by atomic mass is 9.75. The van der Waals surface area contributed by atoms with E-state index in [1.165, 1.54) is 0 Å². The molecule has 0 aromatic carbocycles. The van der Waals surface area contributed by atoms with E-state index in [1.807, 2.05) is 6.07 Å². The smallest absolute Gasteiger partial charge is 0.270 e. The normalized spacial score (nSPS) is 23.5. The summed E-state index contributed by atoms with van der Waals surface area (Å²) in [6.45, 7) is 2.48. The number of nitrogens with zero attached hydrogens (tertiary/aromatic N) is 1.